The molecule has 0 saturated heterocycles. The van der Waals surface area contributed by atoms with Crippen molar-refractivity contribution < 1.29 is 4.79 Å². The van der Waals surface area contributed by atoms with Crippen LogP contribution >= 0.6 is 12.4 Å². The Bertz CT molecular complexity index is 634. The molecule has 0 aliphatic heterocycles. The highest BCUT2D eigenvalue weighted by Crippen LogP contribution is 2.32. The van der Waals surface area contributed by atoms with E-state index in [9.17, 15) is 4.79 Å². The molecule has 1 aromatic carbocycles. The van der Waals surface area contributed by atoms with Crippen molar-refractivity contribution in [1.82, 2.24) is 9.97 Å². The number of carbonyl (C=O) groups excluding carboxylic acids is 1. The van der Waals surface area contributed by atoms with Gasteiger partial charge in [-0.15, -0.1) is 12.4 Å². The Morgan fingerprint density at radius 2 is 2.00 bits per heavy atom. The highest BCUT2D eigenvalue weighted by Gasteiger charge is 2.31. The van der Waals surface area contributed by atoms with Crippen LogP contribution in [-0.4, -0.2) is 22.4 Å². The van der Waals surface area contributed by atoms with Crippen LogP contribution in [0.2, 0.25) is 0 Å². The number of rotatable bonds is 3. The van der Waals surface area contributed by atoms with Crippen molar-refractivity contribution >= 4 is 35.0 Å². The van der Waals surface area contributed by atoms with E-state index in [0.717, 1.165) is 36.0 Å². The molecule has 0 radical (unpaired) electrons. The highest BCUT2D eigenvalue weighted by molar-refractivity contribution is 5.94. The molecule has 2 atom stereocenters. The number of hydrogen-bond acceptors (Lipinski definition) is 4. The molecule has 0 unspecified atom stereocenters. The summed E-state index contributed by atoms with van der Waals surface area (Å²) in [6.07, 6.45) is 6.38. The fraction of sp³-hybridized carbons (Fsp3) is 0.400. The lowest BCUT2D eigenvalue weighted by Gasteiger charge is -2.17. The summed E-state index contributed by atoms with van der Waals surface area (Å²) in [4.78, 5) is 20.8. The molecule has 3 N–H and O–H groups in total. The highest BCUT2D eigenvalue weighted by atomic mass is 35.5. The van der Waals surface area contributed by atoms with Gasteiger partial charge in [-0.2, -0.15) is 0 Å². The van der Waals surface area contributed by atoms with Crippen molar-refractivity contribution in [2.45, 2.75) is 19.3 Å². The molecule has 1 fully saturated rings. The molecule has 112 valence electrons. The Hall–Kier alpha value is -1.72. The Balaban J connectivity index is 0.00000161. The van der Waals surface area contributed by atoms with Crippen molar-refractivity contribution in [3.8, 4) is 0 Å². The zero-order chi connectivity index (χ0) is 13.9. The van der Waals surface area contributed by atoms with Gasteiger partial charge in [-0.25, -0.2) is 0 Å². The van der Waals surface area contributed by atoms with Crippen LogP contribution in [0.15, 0.2) is 30.6 Å². The fourth-order valence-electron chi connectivity index (χ4n) is 2.94. The first-order valence-electron chi connectivity index (χ1n) is 6.99. The van der Waals surface area contributed by atoms with Crippen LogP contribution in [0.5, 0.6) is 0 Å². The van der Waals surface area contributed by atoms with Crippen molar-refractivity contribution in [3.63, 3.8) is 0 Å². The van der Waals surface area contributed by atoms with Crippen LogP contribution in [0.3, 0.4) is 0 Å². The van der Waals surface area contributed by atoms with Crippen LogP contribution in [0.1, 0.15) is 19.3 Å². The molecule has 5 nitrogen and oxygen atoms in total. The summed E-state index contributed by atoms with van der Waals surface area (Å²) < 4.78 is 0. The van der Waals surface area contributed by atoms with Crippen LogP contribution in [0.4, 0.5) is 5.69 Å². The molecule has 1 heterocycles. The van der Waals surface area contributed by atoms with E-state index in [2.05, 4.69) is 15.3 Å². The third kappa shape index (κ3) is 3.31. The number of anilines is 1. The topological polar surface area (TPSA) is 80.9 Å². The summed E-state index contributed by atoms with van der Waals surface area (Å²) in [6, 6.07) is 5.58. The van der Waals surface area contributed by atoms with E-state index in [4.69, 9.17) is 5.73 Å². The van der Waals surface area contributed by atoms with E-state index < -0.39 is 0 Å². The van der Waals surface area contributed by atoms with Gasteiger partial charge < -0.3 is 11.1 Å². The van der Waals surface area contributed by atoms with Crippen LogP contribution in [0.25, 0.3) is 11.0 Å². The first-order valence-corrected chi connectivity index (χ1v) is 6.99. The van der Waals surface area contributed by atoms with Crippen LogP contribution < -0.4 is 11.1 Å². The molecule has 2 aromatic rings. The Morgan fingerprint density at radius 3 is 2.76 bits per heavy atom. The number of halogens is 1. The van der Waals surface area contributed by atoms with Gasteiger partial charge in [0.15, 0.2) is 0 Å². The Kier molecular flexibility index (Phi) is 5.09. The number of benzene rings is 1. The lowest BCUT2D eigenvalue weighted by Crippen LogP contribution is -2.29. The first-order chi connectivity index (χ1) is 9.78. The number of nitrogens with one attached hydrogen (secondary N) is 1. The van der Waals surface area contributed by atoms with E-state index in [0.29, 0.717) is 12.5 Å². The summed E-state index contributed by atoms with van der Waals surface area (Å²) in [7, 11) is 0. The maximum absolute atomic E-state index is 12.3. The maximum atomic E-state index is 12.3. The summed E-state index contributed by atoms with van der Waals surface area (Å²) in [5.41, 5.74) is 8.11. The molecule has 6 heteroatoms. The minimum atomic E-state index is 0. The SMILES string of the molecule is Cl.NC[C@H]1CCC[C@H]1C(=O)Nc1ccc2nccnc2c1. The number of nitrogens with zero attached hydrogens (tertiary/aromatic N) is 2. The predicted molar refractivity (Wildman–Crippen MR) is 85.3 cm³/mol. The second kappa shape index (κ2) is 6.83. The number of amides is 1. The van der Waals surface area contributed by atoms with Gasteiger partial charge in [0, 0.05) is 24.0 Å². The van der Waals surface area contributed by atoms with Crippen LogP contribution in [0, 0.1) is 11.8 Å². The second-order valence-corrected chi connectivity index (χ2v) is 5.28. The van der Waals surface area contributed by atoms with Gasteiger partial charge in [0.2, 0.25) is 5.91 Å². The summed E-state index contributed by atoms with van der Waals surface area (Å²) in [6.45, 7) is 0.585. The molecule has 1 amide bonds. The molecule has 0 spiro atoms. The summed E-state index contributed by atoms with van der Waals surface area (Å²) >= 11 is 0. The van der Waals surface area contributed by atoms with E-state index in [-0.39, 0.29) is 24.2 Å². The van der Waals surface area contributed by atoms with E-state index >= 15 is 0 Å². The zero-order valence-corrected chi connectivity index (χ0v) is 12.5. The molecule has 3 rings (SSSR count). The normalized spacial score (nSPS) is 21.0. The number of fused-ring (bicyclic) bond motifs is 1. The standard InChI is InChI=1S/C15H18N4O.ClH/c16-9-10-2-1-3-12(10)15(20)19-11-4-5-13-14(8-11)18-7-6-17-13;/h4-8,10,12H,1-3,9,16H2,(H,19,20);1H/t10-,12-;/m1./s1. The third-order valence-electron chi connectivity index (χ3n) is 4.04. The van der Waals surface area contributed by atoms with Gasteiger partial charge in [-0.1, -0.05) is 6.42 Å². The molecule has 1 aromatic heterocycles. The first kappa shape index (κ1) is 15.7. The molecule has 1 aliphatic rings. The van der Waals surface area contributed by atoms with Crippen molar-refractivity contribution in [3.05, 3.63) is 30.6 Å². The molecule has 21 heavy (non-hydrogen) atoms. The quantitative estimate of drug-likeness (QED) is 0.912. The third-order valence-corrected chi connectivity index (χ3v) is 4.04. The maximum Gasteiger partial charge on any atom is 0.227 e. The van der Waals surface area contributed by atoms with E-state index in [1.807, 2.05) is 18.2 Å². The summed E-state index contributed by atoms with van der Waals surface area (Å²) in [5.74, 6) is 0.425. The van der Waals surface area contributed by atoms with Gasteiger partial charge in [-0.05, 0) is 43.5 Å². The minimum Gasteiger partial charge on any atom is -0.330 e. The number of nitrogens with two attached hydrogens (primary N) is 1. The average Bonchev–Trinajstić information content (AvgIpc) is 2.95. The minimum absolute atomic E-state index is 0. The molecule has 0 bridgehead atoms. The number of carbonyl (C=O) groups is 1. The molecular weight excluding hydrogens is 288 g/mol. The largest absolute Gasteiger partial charge is 0.330 e. The molecule has 1 saturated carbocycles. The predicted octanol–water partition coefficient (Wildman–Crippen LogP) is 2.37. The number of hydrogen-bond donors (Lipinski definition) is 2. The van der Waals surface area contributed by atoms with Gasteiger partial charge in [0.1, 0.15) is 0 Å². The molecular formula is C15H19ClN4O. The smallest absolute Gasteiger partial charge is 0.227 e. The van der Waals surface area contributed by atoms with Crippen LogP contribution in [-0.2, 0) is 4.79 Å². The van der Waals surface area contributed by atoms with Crippen molar-refractivity contribution in [2.24, 2.45) is 17.6 Å². The van der Waals surface area contributed by atoms with Crippen molar-refractivity contribution in [2.75, 3.05) is 11.9 Å². The lowest BCUT2D eigenvalue weighted by molar-refractivity contribution is -0.120. The Morgan fingerprint density at radius 1 is 1.24 bits per heavy atom. The van der Waals surface area contributed by atoms with E-state index in [1.54, 1.807) is 12.4 Å². The number of aromatic nitrogens is 2. The van der Waals surface area contributed by atoms with E-state index in [1.165, 1.54) is 0 Å². The Labute approximate surface area is 129 Å². The fourth-order valence-corrected chi connectivity index (χ4v) is 2.94. The second-order valence-electron chi connectivity index (χ2n) is 5.28. The van der Waals surface area contributed by atoms with Gasteiger partial charge >= 0.3 is 0 Å². The average molecular weight is 307 g/mol. The van der Waals surface area contributed by atoms with Gasteiger partial charge in [0.05, 0.1) is 11.0 Å². The van der Waals surface area contributed by atoms with Crippen molar-refractivity contribution in [1.29, 1.82) is 0 Å². The molecule has 1 aliphatic carbocycles. The monoisotopic (exact) mass is 306 g/mol. The van der Waals surface area contributed by atoms with Gasteiger partial charge in [-0.3, -0.25) is 14.8 Å². The zero-order valence-electron chi connectivity index (χ0n) is 11.7. The lowest BCUT2D eigenvalue weighted by atomic mass is 9.95. The van der Waals surface area contributed by atoms with Gasteiger partial charge in [0.25, 0.3) is 0 Å². The summed E-state index contributed by atoms with van der Waals surface area (Å²) in [5, 5.41) is 2.98.